The maximum atomic E-state index is 11.6. The summed E-state index contributed by atoms with van der Waals surface area (Å²) >= 11 is 1.40. The average molecular weight is 267 g/mol. The number of rotatable bonds is 2. The lowest BCUT2D eigenvalue weighted by Gasteiger charge is -2.34. The maximum absolute atomic E-state index is 11.6. The van der Waals surface area contributed by atoms with E-state index in [0.717, 1.165) is 31.5 Å². The molecule has 2 amide bonds. The largest absolute Gasteiger partial charge is 0.334 e. The van der Waals surface area contributed by atoms with Crippen LogP contribution in [0, 0.1) is 0 Å². The van der Waals surface area contributed by atoms with Gasteiger partial charge in [0.25, 0.3) is 0 Å². The minimum absolute atomic E-state index is 0.0648. The number of piperidine rings is 1. The van der Waals surface area contributed by atoms with E-state index in [1.807, 2.05) is 10.3 Å². The Balaban J connectivity index is 2.15. The molecule has 1 fully saturated rings. The van der Waals surface area contributed by atoms with E-state index in [1.54, 1.807) is 6.92 Å². The molecular formula is C12H17N3O2S. The highest BCUT2D eigenvalue weighted by atomic mass is 32.1. The minimum atomic E-state index is -0.122. The summed E-state index contributed by atoms with van der Waals surface area (Å²) in [4.78, 5) is 28.8. The van der Waals surface area contributed by atoms with Crippen LogP contribution < -0.4 is 5.32 Å². The van der Waals surface area contributed by atoms with Crippen molar-refractivity contribution in [3.63, 3.8) is 0 Å². The van der Waals surface area contributed by atoms with E-state index in [9.17, 15) is 9.59 Å². The van der Waals surface area contributed by atoms with Gasteiger partial charge in [-0.3, -0.25) is 9.59 Å². The summed E-state index contributed by atoms with van der Waals surface area (Å²) < 4.78 is 0. The lowest BCUT2D eigenvalue weighted by Crippen LogP contribution is -2.37. The highest BCUT2D eigenvalue weighted by molar-refractivity contribution is 7.13. The molecule has 5 nitrogen and oxygen atoms in total. The number of carbonyl (C=O) groups is 2. The van der Waals surface area contributed by atoms with E-state index in [1.165, 1.54) is 18.3 Å². The molecule has 0 bridgehead atoms. The Hall–Kier alpha value is -1.43. The second-order valence-corrected chi connectivity index (χ2v) is 5.34. The van der Waals surface area contributed by atoms with Gasteiger partial charge in [0.1, 0.15) is 0 Å². The number of likely N-dealkylation sites (tertiary alicyclic amines) is 1. The first-order valence-corrected chi connectivity index (χ1v) is 6.96. The fourth-order valence-corrected chi connectivity index (χ4v) is 3.07. The van der Waals surface area contributed by atoms with Crippen molar-refractivity contribution in [1.82, 2.24) is 9.88 Å². The molecule has 0 aliphatic carbocycles. The number of thiazole rings is 1. The van der Waals surface area contributed by atoms with Crippen molar-refractivity contribution in [3.05, 3.63) is 11.1 Å². The molecule has 0 unspecified atom stereocenters. The molecule has 1 saturated heterocycles. The Labute approximate surface area is 110 Å². The van der Waals surface area contributed by atoms with Crippen LogP contribution in [-0.2, 0) is 9.59 Å². The van der Waals surface area contributed by atoms with Crippen LogP contribution in [-0.4, -0.2) is 28.2 Å². The molecule has 0 aromatic carbocycles. The smallest absolute Gasteiger partial charge is 0.223 e. The molecule has 2 rings (SSSR count). The van der Waals surface area contributed by atoms with E-state index >= 15 is 0 Å². The second kappa shape index (κ2) is 5.48. The fraction of sp³-hybridized carbons (Fsp3) is 0.583. The van der Waals surface area contributed by atoms with Crippen molar-refractivity contribution in [1.29, 1.82) is 0 Å². The first kappa shape index (κ1) is 13.0. The summed E-state index contributed by atoms with van der Waals surface area (Å²) in [6.45, 7) is 3.86. The standard InChI is InChI=1S/C12H17N3O2S/c1-8(16)13-12-14-10(7-18-12)11-5-3-4-6-15(11)9(2)17/h7,11H,3-6H2,1-2H3,(H,13,14,16)/t11-/m0/s1. The minimum Gasteiger partial charge on any atom is -0.334 e. The predicted octanol–water partition coefficient (Wildman–Crippen LogP) is 2.17. The number of nitrogens with zero attached hydrogens (tertiary/aromatic N) is 2. The van der Waals surface area contributed by atoms with Gasteiger partial charge in [0.2, 0.25) is 11.8 Å². The summed E-state index contributed by atoms with van der Waals surface area (Å²) in [7, 11) is 0. The van der Waals surface area contributed by atoms with Crippen LogP contribution in [0.3, 0.4) is 0 Å². The van der Waals surface area contributed by atoms with Gasteiger partial charge >= 0.3 is 0 Å². The van der Waals surface area contributed by atoms with Gasteiger partial charge in [-0.15, -0.1) is 11.3 Å². The number of hydrogen-bond acceptors (Lipinski definition) is 4. The number of aromatic nitrogens is 1. The monoisotopic (exact) mass is 267 g/mol. The number of nitrogens with one attached hydrogen (secondary N) is 1. The summed E-state index contributed by atoms with van der Waals surface area (Å²) in [6, 6.07) is 0.0648. The zero-order valence-electron chi connectivity index (χ0n) is 10.6. The average Bonchev–Trinajstić information content (AvgIpc) is 2.76. The van der Waals surface area contributed by atoms with Crippen LogP contribution in [0.25, 0.3) is 0 Å². The third-order valence-electron chi connectivity index (χ3n) is 3.05. The molecule has 1 atom stereocenters. The van der Waals surface area contributed by atoms with E-state index in [-0.39, 0.29) is 17.9 Å². The molecule has 1 aromatic rings. The predicted molar refractivity (Wildman–Crippen MR) is 70.4 cm³/mol. The Morgan fingerprint density at radius 3 is 2.89 bits per heavy atom. The number of anilines is 1. The maximum Gasteiger partial charge on any atom is 0.223 e. The fourth-order valence-electron chi connectivity index (χ4n) is 2.26. The Kier molecular flexibility index (Phi) is 3.96. The van der Waals surface area contributed by atoms with Crippen molar-refractivity contribution < 1.29 is 9.59 Å². The number of carbonyl (C=O) groups excluding carboxylic acids is 2. The summed E-state index contributed by atoms with van der Waals surface area (Å²) in [5.74, 6) is -0.0308. The van der Waals surface area contributed by atoms with Crippen LogP contribution in [0.5, 0.6) is 0 Å². The SMILES string of the molecule is CC(=O)Nc1nc([C@@H]2CCCCN2C(C)=O)cs1. The first-order valence-electron chi connectivity index (χ1n) is 6.08. The van der Waals surface area contributed by atoms with E-state index in [2.05, 4.69) is 10.3 Å². The molecule has 2 heterocycles. The Morgan fingerprint density at radius 2 is 2.22 bits per heavy atom. The van der Waals surface area contributed by atoms with Gasteiger partial charge in [-0.05, 0) is 19.3 Å². The van der Waals surface area contributed by atoms with Gasteiger partial charge in [-0.1, -0.05) is 0 Å². The van der Waals surface area contributed by atoms with Crippen molar-refractivity contribution in [3.8, 4) is 0 Å². The quantitative estimate of drug-likeness (QED) is 0.893. The van der Waals surface area contributed by atoms with Gasteiger partial charge in [0.15, 0.2) is 5.13 Å². The molecule has 1 aliphatic heterocycles. The van der Waals surface area contributed by atoms with E-state index in [4.69, 9.17) is 0 Å². The van der Waals surface area contributed by atoms with E-state index in [0.29, 0.717) is 5.13 Å². The van der Waals surface area contributed by atoms with Gasteiger partial charge in [0, 0.05) is 25.8 Å². The normalized spacial score (nSPS) is 19.7. The zero-order chi connectivity index (χ0) is 13.1. The van der Waals surface area contributed by atoms with Crippen LogP contribution >= 0.6 is 11.3 Å². The molecule has 1 aliphatic rings. The van der Waals surface area contributed by atoms with Crippen LogP contribution in [0.2, 0.25) is 0 Å². The molecule has 1 aromatic heterocycles. The highest BCUT2D eigenvalue weighted by Gasteiger charge is 2.27. The van der Waals surface area contributed by atoms with Crippen molar-refractivity contribution in [2.24, 2.45) is 0 Å². The van der Waals surface area contributed by atoms with Crippen molar-refractivity contribution >= 4 is 28.3 Å². The van der Waals surface area contributed by atoms with Crippen molar-refractivity contribution in [2.75, 3.05) is 11.9 Å². The molecular weight excluding hydrogens is 250 g/mol. The molecule has 1 N–H and O–H groups in total. The molecule has 98 valence electrons. The van der Waals surface area contributed by atoms with Gasteiger partial charge in [-0.25, -0.2) is 4.98 Å². The van der Waals surface area contributed by atoms with Gasteiger partial charge < -0.3 is 10.2 Å². The van der Waals surface area contributed by atoms with Crippen LogP contribution in [0.15, 0.2) is 5.38 Å². The lowest BCUT2D eigenvalue weighted by atomic mass is 10.00. The molecule has 0 spiro atoms. The first-order chi connectivity index (χ1) is 8.58. The topological polar surface area (TPSA) is 62.3 Å². The van der Waals surface area contributed by atoms with Crippen LogP contribution in [0.4, 0.5) is 5.13 Å². The van der Waals surface area contributed by atoms with Gasteiger partial charge in [0.05, 0.1) is 11.7 Å². The van der Waals surface area contributed by atoms with Crippen LogP contribution in [0.1, 0.15) is 44.8 Å². The molecule has 0 radical (unpaired) electrons. The lowest BCUT2D eigenvalue weighted by molar-refractivity contribution is -0.132. The summed E-state index contributed by atoms with van der Waals surface area (Å²) in [6.07, 6.45) is 3.11. The third kappa shape index (κ3) is 2.87. The Bertz CT molecular complexity index is 458. The molecule has 0 saturated carbocycles. The number of amides is 2. The van der Waals surface area contributed by atoms with Gasteiger partial charge in [-0.2, -0.15) is 0 Å². The van der Waals surface area contributed by atoms with E-state index < -0.39 is 0 Å². The highest BCUT2D eigenvalue weighted by Crippen LogP contribution is 2.32. The second-order valence-electron chi connectivity index (χ2n) is 4.48. The third-order valence-corrected chi connectivity index (χ3v) is 3.83. The summed E-state index contributed by atoms with van der Waals surface area (Å²) in [5.41, 5.74) is 0.888. The molecule has 6 heteroatoms. The zero-order valence-corrected chi connectivity index (χ0v) is 11.4. The molecule has 18 heavy (non-hydrogen) atoms. The summed E-state index contributed by atoms with van der Waals surface area (Å²) in [5, 5.41) is 5.20. The number of hydrogen-bond donors (Lipinski definition) is 1. The van der Waals surface area contributed by atoms with Crippen molar-refractivity contribution in [2.45, 2.75) is 39.2 Å². The Morgan fingerprint density at radius 1 is 1.44 bits per heavy atom.